The number of fused-ring (bicyclic) bond motifs is 1. The molecule has 0 bridgehead atoms. The van der Waals surface area contributed by atoms with Gasteiger partial charge in [0.1, 0.15) is 5.82 Å². The highest BCUT2D eigenvalue weighted by atomic mass is 19.4. The van der Waals surface area contributed by atoms with Crippen LogP contribution in [0.25, 0.3) is 17.0 Å². The number of imidazole rings is 1. The van der Waals surface area contributed by atoms with Gasteiger partial charge in [0.15, 0.2) is 17.3 Å². The van der Waals surface area contributed by atoms with Gasteiger partial charge >= 0.3 is 6.18 Å². The van der Waals surface area contributed by atoms with Crippen LogP contribution in [0.4, 0.5) is 23.4 Å². The lowest BCUT2D eigenvalue weighted by Crippen LogP contribution is -2.39. The van der Waals surface area contributed by atoms with E-state index < -0.39 is 18.3 Å². The Morgan fingerprint density at radius 3 is 2.75 bits per heavy atom. The van der Waals surface area contributed by atoms with Crippen molar-refractivity contribution >= 4 is 17.0 Å². The number of nitrogens with zero attached hydrogens (tertiary/aromatic N) is 5. The third-order valence-corrected chi connectivity index (χ3v) is 4.34. The Balaban J connectivity index is 1.61. The van der Waals surface area contributed by atoms with Crippen LogP contribution in [0.2, 0.25) is 0 Å². The number of aryl methyl sites for hydroxylation is 1. The van der Waals surface area contributed by atoms with E-state index in [9.17, 15) is 17.6 Å². The zero-order valence-electron chi connectivity index (χ0n) is 14.6. The van der Waals surface area contributed by atoms with Crippen LogP contribution in [0.1, 0.15) is 12.2 Å². The molecule has 0 amide bonds. The molecule has 0 saturated heterocycles. The molecule has 1 aliphatic carbocycles. The molecule has 6 nitrogen and oxygen atoms in total. The Morgan fingerprint density at radius 2 is 2.04 bits per heavy atom. The smallest absolute Gasteiger partial charge is 0.339 e. The molecule has 3 aromatic heterocycles. The van der Waals surface area contributed by atoms with E-state index in [1.165, 1.54) is 12.4 Å². The molecule has 4 rings (SSSR count). The predicted molar refractivity (Wildman–Crippen MR) is 94.5 cm³/mol. The van der Waals surface area contributed by atoms with Crippen molar-refractivity contribution < 1.29 is 17.6 Å². The minimum Gasteiger partial charge on any atom is -0.339 e. The van der Waals surface area contributed by atoms with Gasteiger partial charge in [-0.3, -0.25) is 9.55 Å². The summed E-state index contributed by atoms with van der Waals surface area (Å²) in [6, 6.07) is 3.62. The first-order valence-electron chi connectivity index (χ1n) is 8.31. The quantitative estimate of drug-likeness (QED) is 0.684. The fourth-order valence-corrected chi connectivity index (χ4v) is 2.91. The molecule has 0 spiro atoms. The summed E-state index contributed by atoms with van der Waals surface area (Å²) < 4.78 is 53.9. The van der Waals surface area contributed by atoms with Crippen molar-refractivity contribution in [3.05, 3.63) is 60.5 Å². The molecule has 1 unspecified atom stereocenters. The number of allylic oxidation sites excluding steroid dienone is 3. The van der Waals surface area contributed by atoms with Crippen LogP contribution in [-0.4, -0.2) is 36.3 Å². The second kappa shape index (κ2) is 6.39. The maximum Gasteiger partial charge on any atom is 0.426 e. The van der Waals surface area contributed by atoms with E-state index in [1.807, 2.05) is 6.07 Å². The van der Waals surface area contributed by atoms with Gasteiger partial charge in [-0.05, 0) is 31.2 Å². The predicted octanol–water partition coefficient (Wildman–Crippen LogP) is 4.05. The molecule has 0 radical (unpaired) electrons. The molecule has 3 heterocycles. The number of alkyl halides is 4. The van der Waals surface area contributed by atoms with Crippen LogP contribution in [-0.2, 0) is 0 Å². The lowest BCUT2D eigenvalue weighted by molar-refractivity contribution is -0.211. The maximum absolute atomic E-state index is 13.9. The van der Waals surface area contributed by atoms with Crippen LogP contribution in [0.3, 0.4) is 0 Å². The summed E-state index contributed by atoms with van der Waals surface area (Å²) in [6.45, 7) is 1.80. The molecule has 144 valence electrons. The number of hydrogen-bond acceptors (Lipinski definition) is 5. The minimum atomic E-state index is -4.96. The molecule has 10 heteroatoms. The fraction of sp³-hybridized carbons (Fsp3) is 0.222. The van der Waals surface area contributed by atoms with Crippen LogP contribution in [0, 0.1) is 6.92 Å². The third-order valence-electron chi connectivity index (χ3n) is 4.34. The van der Waals surface area contributed by atoms with Gasteiger partial charge in [-0.25, -0.2) is 19.3 Å². The zero-order valence-corrected chi connectivity index (χ0v) is 14.6. The molecular formula is C18H14F4N6. The molecule has 0 aromatic carbocycles. The van der Waals surface area contributed by atoms with Crippen LogP contribution in [0.5, 0.6) is 0 Å². The van der Waals surface area contributed by atoms with Gasteiger partial charge in [0.2, 0.25) is 5.67 Å². The van der Waals surface area contributed by atoms with Gasteiger partial charge in [-0.2, -0.15) is 13.2 Å². The van der Waals surface area contributed by atoms with Gasteiger partial charge in [-0.15, -0.1) is 0 Å². The van der Waals surface area contributed by atoms with Crippen molar-refractivity contribution in [3.63, 3.8) is 0 Å². The van der Waals surface area contributed by atoms with E-state index in [2.05, 4.69) is 25.3 Å². The van der Waals surface area contributed by atoms with Gasteiger partial charge < -0.3 is 5.32 Å². The highest BCUT2D eigenvalue weighted by Gasteiger charge is 2.54. The molecule has 28 heavy (non-hydrogen) atoms. The molecular weight excluding hydrogens is 376 g/mol. The Kier molecular flexibility index (Phi) is 4.13. The summed E-state index contributed by atoms with van der Waals surface area (Å²) in [5.41, 5.74) is -1.75. The van der Waals surface area contributed by atoms with Crippen molar-refractivity contribution in [3.8, 4) is 5.82 Å². The molecule has 0 aliphatic heterocycles. The van der Waals surface area contributed by atoms with E-state index in [0.29, 0.717) is 34.9 Å². The first kappa shape index (κ1) is 18.1. The number of nitrogens with one attached hydrogen (secondary N) is 1. The maximum atomic E-state index is 13.9. The van der Waals surface area contributed by atoms with Gasteiger partial charge in [-0.1, -0.05) is 6.08 Å². The Hall–Kier alpha value is -3.30. The summed E-state index contributed by atoms with van der Waals surface area (Å²) in [7, 11) is 0. The third kappa shape index (κ3) is 3.10. The summed E-state index contributed by atoms with van der Waals surface area (Å²) in [4.78, 5) is 17.1. The Labute approximate surface area is 156 Å². The van der Waals surface area contributed by atoms with E-state index >= 15 is 0 Å². The first-order valence-corrected chi connectivity index (χ1v) is 8.31. The summed E-state index contributed by atoms with van der Waals surface area (Å²) >= 11 is 0. The van der Waals surface area contributed by atoms with Gasteiger partial charge in [0, 0.05) is 18.3 Å². The number of pyridine rings is 1. The second-order valence-electron chi connectivity index (χ2n) is 6.29. The largest absolute Gasteiger partial charge is 0.426 e. The van der Waals surface area contributed by atoms with Crippen molar-refractivity contribution in [2.75, 3.05) is 5.32 Å². The first-order chi connectivity index (χ1) is 13.3. The number of aromatic nitrogens is 5. The SMILES string of the molecule is Cc1nc2ncccc2n1-c1cncc(NC2=CCC(F)(C(F)(F)F)C=C2)n1. The normalized spacial score (nSPS) is 19.7. The standard InChI is InChI=1S/C18H14F4N6/c1-11-25-16-13(3-2-8-24-16)28(11)15-10-23-9-14(27-15)26-12-4-6-17(19,7-5-12)18(20,21)22/h2-6,8-10H,7H2,1H3,(H,26,27). The summed E-state index contributed by atoms with van der Waals surface area (Å²) in [5, 5.41) is 2.86. The van der Waals surface area contributed by atoms with Crippen LogP contribution < -0.4 is 5.32 Å². The highest BCUT2D eigenvalue weighted by Crippen LogP contribution is 2.40. The summed E-state index contributed by atoms with van der Waals surface area (Å²) in [6.07, 6.45) is 1.53. The molecule has 3 aromatic rings. The number of halogens is 4. The number of rotatable bonds is 3. The second-order valence-corrected chi connectivity index (χ2v) is 6.29. The molecule has 1 atom stereocenters. The number of hydrogen-bond donors (Lipinski definition) is 1. The Morgan fingerprint density at radius 1 is 1.21 bits per heavy atom. The van der Waals surface area contributed by atoms with Gasteiger partial charge in [0.05, 0.1) is 17.9 Å². The van der Waals surface area contributed by atoms with E-state index in [1.54, 1.807) is 23.8 Å². The molecule has 0 fully saturated rings. The highest BCUT2D eigenvalue weighted by molar-refractivity contribution is 5.73. The minimum absolute atomic E-state index is 0.303. The zero-order chi connectivity index (χ0) is 19.9. The lowest BCUT2D eigenvalue weighted by Gasteiger charge is -2.26. The average Bonchev–Trinajstić information content (AvgIpc) is 2.99. The molecule has 0 saturated carbocycles. The molecule has 1 aliphatic rings. The van der Waals surface area contributed by atoms with E-state index in [0.717, 1.165) is 17.7 Å². The topological polar surface area (TPSA) is 68.5 Å². The van der Waals surface area contributed by atoms with E-state index in [4.69, 9.17) is 0 Å². The van der Waals surface area contributed by atoms with Crippen molar-refractivity contribution in [2.24, 2.45) is 0 Å². The molecule has 1 N–H and O–H groups in total. The fourth-order valence-electron chi connectivity index (χ4n) is 2.91. The van der Waals surface area contributed by atoms with Gasteiger partial charge in [0.25, 0.3) is 0 Å². The Bertz CT molecular complexity index is 1100. The van der Waals surface area contributed by atoms with Crippen LogP contribution in [0.15, 0.2) is 54.6 Å². The average molecular weight is 390 g/mol. The van der Waals surface area contributed by atoms with Crippen molar-refractivity contribution in [1.82, 2.24) is 24.5 Å². The van der Waals surface area contributed by atoms with Crippen molar-refractivity contribution in [1.29, 1.82) is 0 Å². The van der Waals surface area contributed by atoms with E-state index in [-0.39, 0.29) is 0 Å². The van der Waals surface area contributed by atoms with Crippen molar-refractivity contribution in [2.45, 2.75) is 25.2 Å². The monoisotopic (exact) mass is 390 g/mol. The number of anilines is 1. The lowest BCUT2D eigenvalue weighted by atomic mass is 9.95. The van der Waals surface area contributed by atoms with Crippen LogP contribution >= 0.6 is 0 Å². The summed E-state index contributed by atoms with van der Waals surface area (Å²) in [5.74, 6) is 1.43.